The Kier molecular flexibility index (Phi) is 7.23. The van der Waals surface area contributed by atoms with Crippen molar-refractivity contribution in [1.82, 2.24) is 5.32 Å². The van der Waals surface area contributed by atoms with Gasteiger partial charge in [-0.15, -0.1) is 0 Å². The number of carbonyl (C=O) groups excluding carboxylic acids is 1. The van der Waals surface area contributed by atoms with Crippen LogP contribution in [0, 0.1) is 6.92 Å². The molecule has 190 valence electrons. The summed E-state index contributed by atoms with van der Waals surface area (Å²) in [6, 6.07) is 9.60. The number of amides is 1. The molecule has 36 heavy (non-hydrogen) atoms. The Hall–Kier alpha value is -4.34. The third kappa shape index (κ3) is 5.02. The third-order valence-electron chi connectivity index (χ3n) is 5.89. The Morgan fingerprint density at radius 3 is 2.47 bits per heavy atom. The molecule has 2 heterocycles. The summed E-state index contributed by atoms with van der Waals surface area (Å²) in [5, 5.41) is 23.0. The minimum Gasteiger partial charge on any atom is -0.508 e. The van der Waals surface area contributed by atoms with E-state index in [2.05, 4.69) is 5.32 Å². The van der Waals surface area contributed by atoms with Crippen molar-refractivity contribution in [3.8, 4) is 34.5 Å². The second kappa shape index (κ2) is 10.5. The zero-order valence-electron chi connectivity index (χ0n) is 20.1. The largest absolute Gasteiger partial charge is 0.508 e. The molecule has 0 spiro atoms. The first-order valence-corrected chi connectivity index (χ1v) is 11.2. The molecule has 1 aromatic heterocycles. The van der Waals surface area contributed by atoms with Crippen LogP contribution >= 0.6 is 0 Å². The van der Waals surface area contributed by atoms with Gasteiger partial charge in [0.15, 0.2) is 11.5 Å². The molecular formula is C26H27NO9. The molecule has 1 aliphatic rings. The molecule has 1 amide bonds. The number of benzene rings is 2. The molecule has 3 N–H and O–H groups in total. The topological polar surface area (TPSA) is 137 Å². The van der Waals surface area contributed by atoms with Gasteiger partial charge < -0.3 is 38.9 Å². The van der Waals surface area contributed by atoms with E-state index in [9.17, 15) is 19.8 Å². The quantitative estimate of drug-likeness (QED) is 0.407. The van der Waals surface area contributed by atoms with Gasteiger partial charge >= 0.3 is 5.63 Å². The normalized spacial score (nSPS) is 12.8. The average Bonchev–Trinajstić information content (AvgIpc) is 3.33. The lowest BCUT2D eigenvalue weighted by molar-refractivity contribution is -0.121. The third-order valence-corrected chi connectivity index (χ3v) is 5.89. The molecule has 0 saturated heterocycles. The predicted molar refractivity (Wildman–Crippen MR) is 128 cm³/mol. The Morgan fingerprint density at radius 1 is 1.08 bits per heavy atom. The van der Waals surface area contributed by atoms with Gasteiger partial charge in [0.1, 0.15) is 17.3 Å². The molecule has 2 aromatic carbocycles. The number of carbonyl (C=O) groups is 1. The second-order valence-electron chi connectivity index (χ2n) is 8.23. The fraction of sp³-hybridized carbons (Fsp3) is 0.308. The highest BCUT2D eigenvalue weighted by atomic mass is 16.7. The molecule has 0 aliphatic carbocycles. The number of nitrogens with one attached hydrogen (secondary N) is 1. The van der Waals surface area contributed by atoms with Gasteiger partial charge in [-0.25, -0.2) is 4.79 Å². The number of aromatic hydroxyl groups is 2. The monoisotopic (exact) mass is 497 g/mol. The SMILES string of the molecule is COc1cc([C@H](CC(=O)NCCc2ccc(O)cc2)c2c(O)cc(C)oc2=O)c(OC)c2c1OCO2. The lowest BCUT2D eigenvalue weighted by Gasteiger charge is -2.22. The van der Waals surface area contributed by atoms with Gasteiger partial charge in [-0.05, 0) is 37.1 Å². The first-order valence-electron chi connectivity index (χ1n) is 11.2. The number of ether oxygens (including phenoxy) is 4. The molecule has 1 aliphatic heterocycles. The van der Waals surface area contributed by atoms with Crippen molar-refractivity contribution < 1.29 is 38.4 Å². The van der Waals surface area contributed by atoms with Crippen molar-refractivity contribution in [1.29, 1.82) is 0 Å². The molecule has 1 atom stereocenters. The maximum Gasteiger partial charge on any atom is 0.343 e. The van der Waals surface area contributed by atoms with Crippen molar-refractivity contribution in [2.75, 3.05) is 27.6 Å². The summed E-state index contributed by atoms with van der Waals surface area (Å²) in [5.41, 5.74) is 0.462. The summed E-state index contributed by atoms with van der Waals surface area (Å²) in [5.74, 6) is -0.0216. The molecule has 0 bridgehead atoms. The van der Waals surface area contributed by atoms with E-state index in [-0.39, 0.29) is 53.4 Å². The van der Waals surface area contributed by atoms with Gasteiger partial charge in [0.25, 0.3) is 0 Å². The summed E-state index contributed by atoms with van der Waals surface area (Å²) in [7, 11) is 2.88. The van der Waals surface area contributed by atoms with Gasteiger partial charge in [-0.1, -0.05) is 12.1 Å². The second-order valence-corrected chi connectivity index (χ2v) is 8.23. The summed E-state index contributed by atoms with van der Waals surface area (Å²) in [6.45, 7) is 1.82. The molecule has 0 unspecified atom stereocenters. The van der Waals surface area contributed by atoms with E-state index in [0.29, 0.717) is 30.0 Å². The molecular weight excluding hydrogens is 470 g/mol. The predicted octanol–water partition coefficient (Wildman–Crippen LogP) is 2.99. The van der Waals surface area contributed by atoms with Crippen LogP contribution in [-0.2, 0) is 11.2 Å². The number of phenols is 1. The molecule has 10 heteroatoms. The van der Waals surface area contributed by atoms with E-state index in [1.807, 2.05) is 0 Å². The molecule has 4 rings (SSSR count). The number of aryl methyl sites for hydroxylation is 1. The van der Waals surface area contributed by atoms with Crippen molar-refractivity contribution in [2.45, 2.75) is 25.7 Å². The maximum atomic E-state index is 13.0. The Morgan fingerprint density at radius 2 is 1.81 bits per heavy atom. The highest BCUT2D eigenvalue weighted by Gasteiger charge is 2.34. The first-order chi connectivity index (χ1) is 17.3. The Labute approximate surface area is 207 Å². The minimum atomic E-state index is -0.950. The van der Waals surface area contributed by atoms with Crippen molar-refractivity contribution in [2.24, 2.45) is 0 Å². The van der Waals surface area contributed by atoms with E-state index in [1.54, 1.807) is 37.3 Å². The summed E-state index contributed by atoms with van der Waals surface area (Å²) >= 11 is 0. The highest BCUT2D eigenvalue weighted by Crippen LogP contribution is 2.52. The van der Waals surface area contributed by atoms with Gasteiger partial charge in [0.2, 0.25) is 24.2 Å². The van der Waals surface area contributed by atoms with E-state index in [0.717, 1.165) is 5.56 Å². The lowest BCUT2D eigenvalue weighted by atomic mass is 9.87. The number of hydrogen-bond donors (Lipinski definition) is 3. The number of phenolic OH excluding ortho intramolecular Hbond substituents is 1. The van der Waals surface area contributed by atoms with Crippen LogP contribution in [0.15, 0.2) is 45.6 Å². The molecule has 0 saturated carbocycles. The molecule has 0 fully saturated rings. The van der Waals surface area contributed by atoms with Crippen LogP contribution in [0.5, 0.6) is 34.5 Å². The van der Waals surface area contributed by atoms with Crippen LogP contribution < -0.4 is 29.9 Å². The summed E-state index contributed by atoms with van der Waals surface area (Å²) in [6.07, 6.45) is 0.339. The van der Waals surface area contributed by atoms with Crippen LogP contribution in [0.3, 0.4) is 0 Å². The number of methoxy groups -OCH3 is 2. The van der Waals surface area contributed by atoms with Crippen LogP contribution in [0.4, 0.5) is 0 Å². The number of rotatable bonds is 9. The van der Waals surface area contributed by atoms with Crippen molar-refractivity contribution in [3.05, 3.63) is 69.3 Å². The van der Waals surface area contributed by atoms with Crippen LogP contribution in [0.25, 0.3) is 0 Å². The molecule has 10 nitrogen and oxygen atoms in total. The van der Waals surface area contributed by atoms with Gasteiger partial charge in [-0.3, -0.25) is 4.79 Å². The summed E-state index contributed by atoms with van der Waals surface area (Å²) < 4.78 is 27.4. The zero-order valence-corrected chi connectivity index (χ0v) is 20.1. The highest BCUT2D eigenvalue weighted by molar-refractivity contribution is 5.78. The lowest BCUT2D eigenvalue weighted by Crippen LogP contribution is -2.29. The Balaban J connectivity index is 1.69. The first kappa shape index (κ1) is 24.8. The Bertz CT molecular complexity index is 1310. The van der Waals surface area contributed by atoms with Crippen molar-refractivity contribution in [3.63, 3.8) is 0 Å². The van der Waals surface area contributed by atoms with E-state index in [4.69, 9.17) is 23.4 Å². The fourth-order valence-electron chi connectivity index (χ4n) is 4.21. The van der Waals surface area contributed by atoms with Crippen LogP contribution in [0.2, 0.25) is 0 Å². The van der Waals surface area contributed by atoms with Crippen molar-refractivity contribution >= 4 is 5.91 Å². The van der Waals surface area contributed by atoms with Gasteiger partial charge in [-0.2, -0.15) is 0 Å². The van der Waals surface area contributed by atoms with E-state index in [1.165, 1.54) is 20.3 Å². The van der Waals surface area contributed by atoms with Crippen LogP contribution in [-0.4, -0.2) is 43.7 Å². The maximum absolute atomic E-state index is 13.0. The zero-order chi connectivity index (χ0) is 25.8. The molecule has 0 radical (unpaired) electrons. The van der Waals surface area contributed by atoms with Gasteiger partial charge in [0.05, 0.1) is 19.8 Å². The molecule has 3 aromatic rings. The van der Waals surface area contributed by atoms with E-state index >= 15 is 0 Å². The van der Waals surface area contributed by atoms with E-state index < -0.39 is 11.5 Å². The summed E-state index contributed by atoms with van der Waals surface area (Å²) in [4.78, 5) is 25.9. The minimum absolute atomic E-state index is 0.0498. The number of fused-ring (bicyclic) bond motifs is 1. The standard InChI is InChI=1S/C26H27NO9/c1-14-10-19(29)22(26(31)36-14)17(12-21(30)27-9-8-15-4-6-16(28)7-5-15)18-11-20(32-2)24-25(23(18)33-3)35-13-34-24/h4-7,10-11,17,28-29H,8-9,12-13H2,1-3H3,(H,27,30)/t17-/m0/s1. The van der Waals surface area contributed by atoms with Crippen LogP contribution in [0.1, 0.15) is 34.8 Å². The smallest absolute Gasteiger partial charge is 0.343 e. The number of hydrogen-bond acceptors (Lipinski definition) is 9. The average molecular weight is 498 g/mol. The van der Waals surface area contributed by atoms with Gasteiger partial charge in [0, 0.05) is 30.5 Å². The fourth-order valence-corrected chi connectivity index (χ4v) is 4.21.